The maximum absolute atomic E-state index is 6.07. The maximum Gasteiger partial charge on any atom is 0.182 e. The monoisotopic (exact) mass is 319 g/mol. The molecule has 3 rings (SSSR count). The minimum Gasteiger partial charge on any atom is -0.315 e. The van der Waals surface area contributed by atoms with Gasteiger partial charge in [-0.3, -0.25) is 14.8 Å². The Bertz CT molecular complexity index is 635. The lowest BCUT2D eigenvalue weighted by Crippen LogP contribution is -3.16. The van der Waals surface area contributed by atoms with Crippen molar-refractivity contribution < 1.29 is 4.90 Å². The summed E-state index contributed by atoms with van der Waals surface area (Å²) in [5.74, 6) is 0. The average Bonchev–Trinajstić information content (AvgIpc) is 2.50. The molecular formula is C15H16ClN4S+. The average molecular weight is 320 g/mol. The van der Waals surface area contributed by atoms with Crippen LogP contribution in [0.2, 0.25) is 5.02 Å². The number of hydrogen-bond donors (Lipinski definition) is 2. The molecule has 4 nitrogen and oxygen atoms in total. The van der Waals surface area contributed by atoms with Gasteiger partial charge in [0.05, 0.1) is 5.69 Å². The molecule has 0 saturated carbocycles. The number of benzene rings is 1. The Balaban J connectivity index is 1.74. The first kappa shape index (κ1) is 14.3. The van der Waals surface area contributed by atoms with E-state index in [0.29, 0.717) is 0 Å². The summed E-state index contributed by atoms with van der Waals surface area (Å²) in [7, 11) is 0. The van der Waals surface area contributed by atoms with Gasteiger partial charge in [-0.1, -0.05) is 23.7 Å². The van der Waals surface area contributed by atoms with Crippen LogP contribution in [0.4, 0.5) is 5.69 Å². The van der Waals surface area contributed by atoms with Gasteiger partial charge in [-0.05, 0) is 36.5 Å². The van der Waals surface area contributed by atoms with Gasteiger partial charge in [-0.2, -0.15) is 0 Å². The van der Waals surface area contributed by atoms with Crippen molar-refractivity contribution >= 4 is 34.6 Å². The van der Waals surface area contributed by atoms with Crippen molar-refractivity contribution in [2.45, 2.75) is 6.54 Å². The third-order valence-electron chi connectivity index (χ3n) is 3.41. The molecule has 2 N–H and O–H groups in total. The number of nitrogens with one attached hydrogen (secondary N) is 2. The summed E-state index contributed by atoms with van der Waals surface area (Å²) < 4.78 is 0. The zero-order valence-corrected chi connectivity index (χ0v) is 13.0. The zero-order chi connectivity index (χ0) is 14.7. The van der Waals surface area contributed by atoms with Crippen LogP contribution in [0.25, 0.3) is 0 Å². The Hall–Kier alpha value is -1.69. The van der Waals surface area contributed by atoms with Crippen LogP contribution in [0, 0.1) is 0 Å². The molecule has 1 aliphatic rings. The van der Waals surface area contributed by atoms with E-state index in [0.717, 1.165) is 35.7 Å². The smallest absolute Gasteiger partial charge is 0.182 e. The van der Waals surface area contributed by atoms with Crippen LogP contribution in [0.3, 0.4) is 0 Å². The molecule has 0 aliphatic carbocycles. The molecule has 1 aliphatic heterocycles. The lowest BCUT2D eigenvalue weighted by molar-refractivity contribution is -0.916. The van der Waals surface area contributed by atoms with E-state index in [-0.39, 0.29) is 0 Å². The molecule has 0 spiro atoms. The molecule has 1 atom stereocenters. The van der Waals surface area contributed by atoms with Crippen LogP contribution < -0.4 is 15.1 Å². The fraction of sp³-hybridized carbons (Fsp3) is 0.200. The molecule has 0 radical (unpaired) electrons. The van der Waals surface area contributed by atoms with E-state index in [1.54, 1.807) is 6.20 Å². The van der Waals surface area contributed by atoms with Crippen LogP contribution in [-0.4, -0.2) is 23.4 Å². The van der Waals surface area contributed by atoms with E-state index in [1.165, 1.54) is 10.5 Å². The number of halogens is 1. The number of nitrogens with zero attached hydrogens (tertiary/aromatic N) is 2. The third kappa shape index (κ3) is 3.50. The summed E-state index contributed by atoms with van der Waals surface area (Å²) in [6, 6.07) is 11.8. The molecule has 2 aromatic rings. The normalized spacial score (nSPS) is 18.4. The van der Waals surface area contributed by atoms with Gasteiger partial charge in [0.25, 0.3) is 0 Å². The Morgan fingerprint density at radius 2 is 2.24 bits per heavy atom. The standard InChI is InChI=1S/C15H15ClN4S/c16-13-4-1-5-14(7-13)20-11-19(10-18-15(20)21)9-12-3-2-6-17-8-12/h1-8H,9-11H2,(H,18,21)/p+1. The van der Waals surface area contributed by atoms with Crippen molar-refractivity contribution in [3.05, 3.63) is 59.4 Å². The van der Waals surface area contributed by atoms with Gasteiger partial charge in [-0.15, -0.1) is 0 Å². The Morgan fingerprint density at radius 3 is 3.00 bits per heavy atom. The van der Waals surface area contributed by atoms with Crippen LogP contribution in [-0.2, 0) is 6.54 Å². The van der Waals surface area contributed by atoms with Gasteiger partial charge in [0.15, 0.2) is 18.4 Å². The summed E-state index contributed by atoms with van der Waals surface area (Å²) >= 11 is 11.5. The molecule has 1 aromatic heterocycles. The highest BCUT2D eigenvalue weighted by molar-refractivity contribution is 7.80. The number of anilines is 1. The van der Waals surface area contributed by atoms with Crippen molar-refractivity contribution in [3.8, 4) is 0 Å². The highest BCUT2D eigenvalue weighted by Gasteiger charge is 2.24. The molecular weight excluding hydrogens is 304 g/mol. The van der Waals surface area contributed by atoms with Gasteiger partial charge in [0, 0.05) is 23.0 Å². The zero-order valence-electron chi connectivity index (χ0n) is 11.4. The Kier molecular flexibility index (Phi) is 4.34. The first-order chi connectivity index (χ1) is 10.2. The number of aromatic nitrogens is 1. The molecule has 1 unspecified atom stereocenters. The number of thiocarbonyl (C=S) groups is 1. The van der Waals surface area contributed by atoms with Gasteiger partial charge < -0.3 is 5.32 Å². The summed E-state index contributed by atoms with van der Waals surface area (Å²) in [4.78, 5) is 7.61. The summed E-state index contributed by atoms with van der Waals surface area (Å²) in [6.45, 7) is 2.52. The van der Waals surface area contributed by atoms with Crippen LogP contribution >= 0.6 is 23.8 Å². The fourth-order valence-electron chi connectivity index (χ4n) is 2.41. The lowest BCUT2D eigenvalue weighted by Gasteiger charge is -2.35. The topological polar surface area (TPSA) is 32.6 Å². The predicted molar refractivity (Wildman–Crippen MR) is 88.3 cm³/mol. The fourth-order valence-corrected chi connectivity index (χ4v) is 2.84. The van der Waals surface area contributed by atoms with E-state index < -0.39 is 0 Å². The number of quaternary nitrogens is 1. The third-order valence-corrected chi connectivity index (χ3v) is 4.01. The van der Waals surface area contributed by atoms with Gasteiger partial charge >= 0.3 is 0 Å². The molecule has 1 fully saturated rings. The number of rotatable bonds is 3. The van der Waals surface area contributed by atoms with E-state index in [4.69, 9.17) is 23.8 Å². The molecule has 1 saturated heterocycles. The summed E-state index contributed by atoms with van der Waals surface area (Å²) in [6.07, 6.45) is 3.70. The van der Waals surface area contributed by atoms with E-state index in [9.17, 15) is 0 Å². The summed E-state index contributed by atoms with van der Waals surface area (Å²) in [5, 5.41) is 4.74. The Morgan fingerprint density at radius 1 is 1.33 bits per heavy atom. The molecule has 0 amide bonds. The maximum atomic E-state index is 6.07. The number of hydrogen-bond acceptors (Lipinski definition) is 2. The molecule has 6 heteroatoms. The molecule has 0 bridgehead atoms. The largest absolute Gasteiger partial charge is 0.315 e. The molecule has 21 heavy (non-hydrogen) atoms. The van der Waals surface area contributed by atoms with Crippen LogP contribution in [0.1, 0.15) is 5.56 Å². The van der Waals surface area contributed by atoms with Crippen molar-refractivity contribution in [3.63, 3.8) is 0 Å². The highest BCUT2D eigenvalue weighted by Crippen LogP contribution is 2.19. The van der Waals surface area contributed by atoms with E-state index >= 15 is 0 Å². The van der Waals surface area contributed by atoms with Gasteiger partial charge in [0.2, 0.25) is 0 Å². The van der Waals surface area contributed by atoms with Crippen LogP contribution in [0.15, 0.2) is 48.8 Å². The quantitative estimate of drug-likeness (QED) is 0.839. The summed E-state index contributed by atoms with van der Waals surface area (Å²) in [5.41, 5.74) is 2.23. The predicted octanol–water partition coefficient (Wildman–Crippen LogP) is 1.43. The second kappa shape index (κ2) is 6.39. The van der Waals surface area contributed by atoms with E-state index in [2.05, 4.69) is 21.3 Å². The van der Waals surface area contributed by atoms with Crippen molar-refractivity contribution in [1.29, 1.82) is 0 Å². The van der Waals surface area contributed by atoms with Gasteiger partial charge in [0.1, 0.15) is 6.54 Å². The molecule has 1 aromatic carbocycles. The van der Waals surface area contributed by atoms with Crippen molar-refractivity contribution in [1.82, 2.24) is 10.3 Å². The van der Waals surface area contributed by atoms with Crippen molar-refractivity contribution in [2.75, 3.05) is 18.2 Å². The van der Waals surface area contributed by atoms with E-state index in [1.807, 2.05) is 36.5 Å². The SMILES string of the molecule is S=C1NC[NH+](Cc2cccnc2)CN1c1cccc(Cl)c1. The minimum atomic E-state index is 0.717. The lowest BCUT2D eigenvalue weighted by atomic mass is 10.2. The first-order valence-electron chi connectivity index (χ1n) is 6.76. The molecule has 2 heterocycles. The van der Waals surface area contributed by atoms with Gasteiger partial charge in [-0.25, -0.2) is 0 Å². The van der Waals surface area contributed by atoms with Crippen LogP contribution in [0.5, 0.6) is 0 Å². The molecule has 108 valence electrons. The van der Waals surface area contributed by atoms with Crippen molar-refractivity contribution in [2.24, 2.45) is 0 Å². The first-order valence-corrected chi connectivity index (χ1v) is 7.54. The minimum absolute atomic E-state index is 0.717. The second-order valence-corrected chi connectivity index (χ2v) is 5.84. The highest BCUT2D eigenvalue weighted by atomic mass is 35.5. The second-order valence-electron chi connectivity index (χ2n) is 5.01. The number of pyridine rings is 1. The Labute approximate surface area is 134 Å².